The van der Waals surface area contributed by atoms with Gasteiger partial charge >= 0.3 is 5.69 Å². The average molecular weight is 232 g/mol. The Kier molecular flexibility index (Phi) is 2.82. The molecule has 0 atom stereocenters. The fraction of sp³-hybridized carbons (Fsp3) is 0.167. The number of aryl methyl sites for hydroxylation is 1. The van der Waals surface area contributed by atoms with E-state index >= 15 is 0 Å². The van der Waals surface area contributed by atoms with Crippen LogP contribution >= 0.6 is 0 Å². The van der Waals surface area contributed by atoms with Crippen LogP contribution in [0.1, 0.15) is 5.56 Å². The Morgan fingerprint density at radius 2 is 2.00 bits per heavy atom. The number of aromatic amines is 1. The second-order valence-corrected chi connectivity index (χ2v) is 3.66. The molecule has 1 heterocycles. The zero-order valence-corrected chi connectivity index (χ0v) is 9.56. The van der Waals surface area contributed by atoms with Gasteiger partial charge in [0.05, 0.1) is 12.8 Å². The van der Waals surface area contributed by atoms with E-state index < -0.39 is 11.2 Å². The molecule has 0 unspecified atom stereocenters. The van der Waals surface area contributed by atoms with E-state index in [1.54, 1.807) is 6.07 Å². The number of ether oxygens (including phenoxy) is 1. The molecule has 0 saturated carbocycles. The van der Waals surface area contributed by atoms with Crippen molar-refractivity contribution in [2.24, 2.45) is 0 Å². The molecule has 0 amide bonds. The largest absolute Gasteiger partial charge is 0.495 e. The van der Waals surface area contributed by atoms with Gasteiger partial charge < -0.3 is 4.74 Å². The lowest BCUT2D eigenvalue weighted by molar-refractivity contribution is 0.412. The topological polar surface area (TPSA) is 64.1 Å². The lowest BCUT2D eigenvalue weighted by Crippen LogP contribution is -2.27. The molecule has 1 N–H and O–H groups in total. The number of aromatic nitrogens is 2. The first-order valence-electron chi connectivity index (χ1n) is 5.09. The third-order valence-corrected chi connectivity index (χ3v) is 2.42. The normalized spacial score (nSPS) is 10.2. The number of methoxy groups -OCH3 is 1. The smallest absolute Gasteiger partial charge is 0.333 e. The Hall–Kier alpha value is -2.30. The third kappa shape index (κ3) is 2.13. The van der Waals surface area contributed by atoms with Gasteiger partial charge in [-0.05, 0) is 24.6 Å². The minimum atomic E-state index is -0.486. The molecule has 1 aromatic heterocycles. The molecule has 0 aliphatic carbocycles. The van der Waals surface area contributed by atoms with Crippen molar-refractivity contribution in [2.75, 3.05) is 7.11 Å². The molecular formula is C12H12N2O3. The molecule has 5 nitrogen and oxygen atoms in total. The van der Waals surface area contributed by atoms with Crippen LogP contribution in [0, 0.1) is 6.92 Å². The van der Waals surface area contributed by atoms with Gasteiger partial charge in [-0.15, -0.1) is 0 Å². The van der Waals surface area contributed by atoms with Crippen molar-refractivity contribution < 1.29 is 4.74 Å². The molecule has 88 valence electrons. The molecule has 0 aliphatic rings. The van der Waals surface area contributed by atoms with Crippen LogP contribution in [-0.2, 0) is 0 Å². The minimum Gasteiger partial charge on any atom is -0.495 e. The number of benzene rings is 1. The zero-order valence-electron chi connectivity index (χ0n) is 9.56. The summed E-state index contributed by atoms with van der Waals surface area (Å²) < 4.78 is 6.55. The fourth-order valence-corrected chi connectivity index (χ4v) is 1.59. The van der Waals surface area contributed by atoms with Crippen LogP contribution < -0.4 is 16.0 Å². The third-order valence-electron chi connectivity index (χ3n) is 2.42. The highest BCUT2D eigenvalue weighted by atomic mass is 16.5. The number of nitrogens with zero attached hydrogens (tertiary/aromatic N) is 1. The number of H-pyrrole nitrogens is 1. The second kappa shape index (κ2) is 4.29. The summed E-state index contributed by atoms with van der Waals surface area (Å²) in [7, 11) is 1.54. The average Bonchev–Trinajstić information content (AvgIpc) is 2.30. The van der Waals surface area contributed by atoms with Crippen LogP contribution in [0.5, 0.6) is 5.75 Å². The first kappa shape index (κ1) is 11.2. The van der Waals surface area contributed by atoms with Gasteiger partial charge in [-0.1, -0.05) is 6.07 Å². The van der Waals surface area contributed by atoms with Crippen molar-refractivity contribution >= 4 is 0 Å². The van der Waals surface area contributed by atoms with Crippen molar-refractivity contribution in [3.8, 4) is 11.4 Å². The van der Waals surface area contributed by atoms with E-state index in [1.165, 1.54) is 23.9 Å². The van der Waals surface area contributed by atoms with Gasteiger partial charge in [0, 0.05) is 12.3 Å². The summed E-state index contributed by atoms with van der Waals surface area (Å²) >= 11 is 0. The quantitative estimate of drug-likeness (QED) is 0.834. The van der Waals surface area contributed by atoms with Gasteiger partial charge in [0.15, 0.2) is 0 Å². The number of rotatable bonds is 2. The second-order valence-electron chi connectivity index (χ2n) is 3.66. The molecule has 0 aliphatic heterocycles. The highest BCUT2D eigenvalue weighted by Gasteiger charge is 2.07. The highest BCUT2D eigenvalue weighted by Crippen LogP contribution is 2.22. The number of nitrogens with one attached hydrogen (secondary N) is 1. The van der Waals surface area contributed by atoms with Gasteiger partial charge in [-0.2, -0.15) is 0 Å². The molecule has 17 heavy (non-hydrogen) atoms. The summed E-state index contributed by atoms with van der Waals surface area (Å²) in [5, 5.41) is 0. The molecule has 5 heteroatoms. The summed E-state index contributed by atoms with van der Waals surface area (Å²) in [6.45, 7) is 1.93. The van der Waals surface area contributed by atoms with Crippen LogP contribution in [0.4, 0.5) is 0 Å². The summed E-state index contributed by atoms with van der Waals surface area (Å²) in [4.78, 5) is 24.8. The summed E-state index contributed by atoms with van der Waals surface area (Å²) in [6.07, 6.45) is 1.42. The molecule has 0 radical (unpaired) electrons. The first-order chi connectivity index (χ1) is 8.11. The molecule has 0 fully saturated rings. The highest BCUT2D eigenvalue weighted by molar-refractivity contribution is 5.48. The van der Waals surface area contributed by atoms with Crippen molar-refractivity contribution in [2.45, 2.75) is 6.92 Å². The fourth-order valence-electron chi connectivity index (χ4n) is 1.59. The SMILES string of the molecule is COc1cc(C)ccc1-n1ccc(=O)[nH]c1=O. The van der Waals surface area contributed by atoms with E-state index in [4.69, 9.17) is 4.74 Å². The first-order valence-corrected chi connectivity index (χ1v) is 5.09. The van der Waals surface area contributed by atoms with Crippen LogP contribution in [0.25, 0.3) is 5.69 Å². The maximum absolute atomic E-state index is 11.6. The predicted molar refractivity (Wildman–Crippen MR) is 63.9 cm³/mol. The van der Waals surface area contributed by atoms with Crippen molar-refractivity contribution in [1.29, 1.82) is 0 Å². The molecular weight excluding hydrogens is 220 g/mol. The zero-order chi connectivity index (χ0) is 12.4. The van der Waals surface area contributed by atoms with E-state index in [-0.39, 0.29) is 0 Å². The van der Waals surface area contributed by atoms with Crippen LogP contribution in [-0.4, -0.2) is 16.7 Å². The molecule has 2 aromatic rings. The van der Waals surface area contributed by atoms with Gasteiger partial charge in [-0.25, -0.2) is 4.79 Å². The summed E-state index contributed by atoms with van der Waals surface area (Å²) in [6, 6.07) is 6.76. The van der Waals surface area contributed by atoms with E-state index in [0.29, 0.717) is 11.4 Å². The van der Waals surface area contributed by atoms with E-state index in [2.05, 4.69) is 4.98 Å². The molecule has 0 spiro atoms. The summed E-state index contributed by atoms with van der Waals surface area (Å²) in [5.74, 6) is 0.583. The van der Waals surface area contributed by atoms with E-state index in [0.717, 1.165) is 5.56 Å². The Morgan fingerprint density at radius 3 is 2.65 bits per heavy atom. The van der Waals surface area contributed by atoms with Crippen molar-refractivity contribution in [3.05, 3.63) is 56.9 Å². The van der Waals surface area contributed by atoms with Crippen LogP contribution in [0.15, 0.2) is 40.1 Å². The lowest BCUT2D eigenvalue weighted by atomic mass is 10.2. The van der Waals surface area contributed by atoms with Gasteiger partial charge in [0.2, 0.25) is 0 Å². The van der Waals surface area contributed by atoms with Crippen LogP contribution in [0.3, 0.4) is 0 Å². The molecule has 1 aromatic carbocycles. The predicted octanol–water partition coefficient (Wildman–Crippen LogP) is 0.843. The minimum absolute atomic E-state index is 0.419. The maximum Gasteiger partial charge on any atom is 0.333 e. The molecule has 0 bridgehead atoms. The summed E-state index contributed by atoms with van der Waals surface area (Å²) in [5.41, 5.74) is 0.722. The van der Waals surface area contributed by atoms with Gasteiger partial charge in [0.1, 0.15) is 5.75 Å². The Balaban J connectivity index is 2.68. The van der Waals surface area contributed by atoms with Gasteiger partial charge in [0.25, 0.3) is 5.56 Å². The van der Waals surface area contributed by atoms with E-state index in [9.17, 15) is 9.59 Å². The standard InChI is InChI=1S/C12H12N2O3/c1-8-3-4-9(10(7-8)17-2)14-6-5-11(15)13-12(14)16/h3-7H,1-2H3,(H,13,15,16). The van der Waals surface area contributed by atoms with Crippen molar-refractivity contribution in [1.82, 2.24) is 9.55 Å². The molecule has 0 saturated heterocycles. The monoisotopic (exact) mass is 232 g/mol. The van der Waals surface area contributed by atoms with Crippen LogP contribution in [0.2, 0.25) is 0 Å². The van der Waals surface area contributed by atoms with E-state index in [1.807, 2.05) is 19.1 Å². The Morgan fingerprint density at radius 1 is 1.24 bits per heavy atom. The molecule has 2 rings (SSSR count). The Bertz CT molecular complexity index is 655. The number of hydrogen-bond acceptors (Lipinski definition) is 3. The lowest BCUT2D eigenvalue weighted by Gasteiger charge is -2.10. The van der Waals surface area contributed by atoms with Crippen molar-refractivity contribution in [3.63, 3.8) is 0 Å². The maximum atomic E-state index is 11.6. The van der Waals surface area contributed by atoms with Gasteiger partial charge in [-0.3, -0.25) is 14.3 Å². The Labute approximate surface area is 97.3 Å². The number of hydrogen-bond donors (Lipinski definition) is 1.